The van der Waals surface area contributed by atoms with E-state index in [2.05, 4.69) is 35.9 Å². The zero-order valence-corrected chi connectivity index (χ0v) is 22.7. The first kappa shape index (κ1) is 26.1. The number of carbonyl (C=O) groups is 2. The predicted molar refractivity (Wildman–Crippen MR) is 152 cm³/mol. The first-order valence-electron chi connectivity index (χ1n) is 13.3. The van der Waals surface area contributed by atoms with Gasteiger partial charge in [-0.15, -0.1) is 0 Å². The van der Waals surface area contributed by atoms with E-state index >= 15 is 0 Å². The van der Waals surface area contributed by atoms with E-state index in [1.807, 2.05) is 36.4 Å². The maximum absolute atomic E-state index is 12.7. The largest absolute Gasteiger partial charge is 0.431 e. The van der Waals surface area contributed by atoms with Gasteiger partial charge in [-0.2, -0.15) is 0 Å². The molecule has 0 fully saturated rings. The van der Waals surface area contributed by atoms with Crippen molar-refractivity contribution in [1.29, 1.82) is 0 Å². The Labute approximate surface area is 227 Å². The maximum atomic E-state index is 12.7. The Balaban J connectivity index is 1.14. The summed E-state index contributed by atoms with van der Waals surface area (Å²) >= 11 is 1.55. The molecule has 38 heavy (non-hydrogen) atoms. The molecule has 2 heterocycles. The lowest BCUT2D eigenvalue weighted by molar-refractivity contribution is 0.0646. The Morgan fingerprint density at radius 1 is 0.921 bits per heavy atom. The lowest BCUT2D eigenvalue weighted by atomic mass is 10.1. The topological polar surface area (TPSA) is 62.7 Å². The number of para-hydroxylation sites is 1. The van der Waals surface area contributed by atoms with E-state index in [1.165, 1.54) is 10.5 Å². The van der Waals surface area contributed by atoms with Gasteiger partial charge in [0.05, 0.1) is 21.3 Å². The van der Waals surface area contributed by atoms with E-state index in [0.29, 0.717) is 28.8 Å². The first-order chi connectivity index (χ1) is 18.5. The second-order valence-electron chi connectivity index (χ2n) is 9.92. The molecular formula is C31H33N3O3S. The monoisotopic (exact) mass is 527 g/mol. The van der Waals surface area contributed by atoms with Crippen LogP contribution in [0.3, 0.4) is 0 Å². The highest BCUT2D eigenvalue weighted by Crippen LogP contribution is 2.31. The van der Waals surface area contributed by atoms with Crippen LogP contribution in [0, 0.1) is 5.92 Å². The molecule has 7 heteroatoms. The van der Waals surface area contributed by atoms with Crippen LogP contribution in [0.5, 0.6) is 10.9 Å². The molecule has 2 amide bonds. The summed E-state index contributed by atoms with van der Waals surface area (Å²) < 4.78 is 7.11. The van der Waals surface area contributed by atoms with Crippen LogP contribution in [-0.2, 0) is 6.42 Å². The Kier molecular flexibility index (Phi) is 8.15. The number of amides is 2. The van der Waals surface area contributed by atoms with Crippen molar-refractivity contribution in [2.24, 2.45) is 5.92 Å². The van der Waals surface area contributed by atoms with Gasteiger partial charge in [-0.3, -0.25) is 14.5 Å². The normalized spacial score (nSPS) is 13.9. The van der Waals surface area contributed by atoms with E-state index in [9.17, 15) is 9.59 Å². The highest BCUT2D eigenvalue weighted by Gasteiger charge is 2.34. The molecule has 0 saturated heterocycles. The van der Waals surface area contributed by atoms with E-state index < -0.39 is 0 Å². The second-order valence-corrected chi connectivity index (χ2v) is 10.9. The molecule has 1 aliphatic heterocycles. The van der Waals surface area contributed by atoms with Crippen LogP contribution in [0.2, 0.25) is 0 Å². The van der Waals surface area contributed by atoms with Crippen molar-refractivity contribution >= 4 is 33.4 Å². The van der Waals surface area contributed by atoms with Gasteiger partial charge >= 0.3 is 0 Å². The smallest absolute Gasteiger partial charge is 0.279 e. The number of imide groups is 1. The second kappa shape index (κ2) is 11.9. The predicted octanol–water partition coefficient (Wildman–Crippen LogP) is 6.67. The number of thiazole rings is 1. The Morgan fingerprint density at radius 2 is 1.61 bits per heavy atom. The third-order valence-electron chi connectivity index (χ3n) is 7.12. The van der Waals surface area contributed by atoms with E-state index in [0.717, 1.165) is 54.9 Å². The average Bonchev–Trinajstić information content (AvgIpc) is 3.46. The van der Waals surface area contributed by atoms with Crippen molar-refractivity contribution in [3.05, 3.63) is 89.5 Å². The zero-order chi connectivity index (χ0) is 26.5. The molecule has 6 nitrogen and oxygen atoms in total. The molecule has 1 unspecified atom stereocenters. The van der Waals surface area contributed by atoms with E-state index in [1.54, 1.807) is 35.6 Å². The molecule has 3 aromatic carbocycles. The number of hydrogen-bond acceptors (Lipinski definition) is 6. The van der Waals surface area contributed by atoms with Crippen LogP contribution in [0.4, 0.5) is 0 Å². The summed E-state index contributed by atoms with van der Waals surface area (Å²) in [6, 6.07) is 23.4. The summed E-state index contributed by atoms with van der Waals surface area (Å²) in [7, 11) is 0. The SMILES string of the molecule is CCC(C)CN(CCCN1C(=O)c2ccccc2C1=O)CCc1ccc(Oc2nc3ccccc3s2)cc1. The molecule has 1 atom stereocenters. The molecule has 4 aromatic rings. The lowest BCUT2D eigenvalue weighted by Crippen LogP contribution is -2.36. The van der Waals surface area contributed by atoms with Gasteiger partial charge in [-0.05, 0) is 67.3 Å². The number of rotatable bonds is 12. The summed E-state index contributed by atoms with van der Waals surface area (Å²) in [5.74, 6) is 1.02. The van der Waals surface area contributed by atoms with Gasteiger partial charge in [0, 0.05) is 19.6 Å². The fraction of sp³-hybridized carbons (Fsp3) is 0.323. The van der Waals surface area contributed by atoms with Crippen LogP contribution in [0.15, 0.2) is 72.8 Å². The molecule has 0 saturated carbocycles. The van der Waals surface area contributed by atoms with Crippen LogP contribution in [0.25, 0.3) is 10.2 Å². The third kappa shape index (κ3) is 5.95. The minimum Gasteiger partial charge on any atom is -0.431 e. The Hall–Kier alpha value is -3.55. The van der Waals surface area contributed by atoms with Gasteiger partial charge < -0.3 is 9.64 Å². The van der Waals surface area contributed by atoms with Gasteiger partial charge in [0.15, 0.2) is 0 Å². The summed E-state index contributed by atoms with van der Waals surface area (Å²) in [4.78, 5) is 33.8. The first-order valence-corrected chi connectivity index (χ1v) is 14.1. The van der Waals surface area contributed by atoms with Crippen LogP contribution < -0.4 is 4.74 Å². The van der Waals surface area contributed by atoms with Gasteiger partial charge in [0.25, 0.3) is 17.0 Å². The number of hydrogen-bond donors (Lipinski definition) is 0. The molecule has 0 radical (unpaired) electrons. The van der Waals surface area contributed by atoms with Crippen molar-refractivity contribution in [2.45, 2.75) is 33.1 Å². The van der Waals surface area contributed by atoms with E-state index in [4.69, 9.17) is 4.74 Å². The van der Waals surface area contributed by atoms with Gasteiger partial charge in [0.2, 0.25) is 0 Å². The van der Waals surface area contributed by atoms with Crippen molar-refractivity contribution in [1.82, 2.24) is 14.8 Å². The van der Waals surface area contributed by atoms with Crippen molar-refractivity contribution < 1.29 is 14.3 Å². The van der Waals surface area contributed by atoms with Gasteiger partial charge in [-0.25, -0.2) is 4.98 Å². The molecule has 0 bridgehead atoms. The molecule has 5 rings (SSSR count). The highest BCUT2D eigenvalue weighted by molar-refractivity contribution is 7.20. The zero-order valence-electron chi connectivity index (χ0n) is 21.9. The summed E-state index contributed by atoms with van der Waals surface area (Å²) in [5.41, 5.74) is 3.23. The number of nitrogens with zero attached hydrogens (tertiary/aromatic N) is 3. The number of fused-ring (bicyclic) bond motifs is 2. The van der Waals surface area contributed by atoms with E-state index in [-0.39, 0.29) is 11.8 Å². The number of ether oxygens (including phenoxy) is 1. The van der Waals surface area contributed by atoms with Crippen molar-refractivity contribution in [2.75, 3.05) is 26.2 Å². The molecule has 0 aliphatic carbocycles. The summed E-state index contributed by atoms with van der Waals surface area (Å²) in [6.07, 6.45) is 2.80. The van der Waals surface area contributed by atoms with Crippen molar-refractivity contribution in [3.8, 4) is 10.9 Å². The van der Waals surface area contributed by atoms with Gasteiger partial charge in [0.1, 0.15) is 5.75 Å². The lowest BCUT2D eigenvalue weighted by Gasteiger charge is -2.26. The van der Waals surface area contributed by atoms with Crippen LogP contribution >= 0.6 is 11.3 Å². The van der Waals surface area contributed by atoms with Gasteiger partial charge in [-0.1, -0.05) is 68.0 Å². The number of carbonyl (C=O) groups excluding carboxylic acids is 2. The van der Waals surface area contributed by atoms with Crippen LogP contribution in [0.1, 0.15) is 53.0 Å². The highest BCUT2D eigenvalue weighted by atomic mass is 32.1. The molecule has 1 aromatic heterocycles. The maximum Gasteiger partial charge on any atom is 0.279 e. The standard InChI is InChI=1S/C31H33N3O3S/c1-3-22(2)21-33(18-8-19-34-29(35)25-9-4-5-10-26(25)30(34)36)20-17-23-13-15-24(16-14-23)37-31-32-27-11-6-7-12-28(27)38-31/h4-7,9-16,22H,3,8,17-21H2,1-2H3. The van der Waals surface area contributed by atoms with Crippen molar-refractivity contribution in [3.63, 3.8) is 0 Å². The van der Waals surface area contributed by atoms with Crippen LogP contribution in [-0.4, -0.2) is 52.8 Å². The summed E-state index contributed by atoms with van der Waals surface area (Å²) in [5, 5.41) is 0.650. The number of aromatic nitrogens is 1. The Morgan fingerprint density at radius 3 is 2.29 bits per heavy atom. The summed E-state index contributed by atoms with van der Waals surface area (Å²) in [6.45, 7) is 7.69. The number of benzene rings is 3. The fourth-order valence-electron chi connectivity index (χ4n) is 4.77. The fourth-order valence-corrected chi connectivity index (χ4v) is 5.60. The Bertz CT molecular complexity index is 1350. The minimum atomic E-state index is -0.174. The minimum absolute atomic E-state index is 0.174. The molecule has 196 valence electrons. The molecule has 0 N–H and O–H groups in total. The molecule has 1 aliphatic rings. The molecular weight excluding hydrogens is 494 g/mol. The average molecular weight is 528 g/mol. The third-order valence-corrected chi connectivity index (χ3v) is 8.03. The molecule has 0 spiro atoms. The quantitative estimate of drug-likeness (QED) is 0.193.